The summed E-state index contributed by atoms with van der Waals surface area (Å²) in [7, 11) is 1.29. The van der Waals surface area contributed by atoms with Crippen molar-refractivity contribution in [3.8, 4) is 0 Å². The summed E-state index contributed by atoms with van der Waals surface area (Å²) in [5.41, 5.74) is 1.02. The molecule has 6 nitrogen and oxygen atoms in total. The minimum absolute atomic E-state index is 0.179. The molecule has 0 fully saturated rings. The highest BCUT2D eigenvalue weighted by Crippen LogP contribution is 2.08. The molecule has 0 heterocycles. The van der Waals surface area contributed by atoms with Gasteiger partial charge in [0, 0.05) is 26.1 Å². The van der Waals surface area contributed by atoms with Crippen LogP contribution in [0.15, 0.2) is 42.5 Å². The second-order valence-corrected chi connectivity index (χ2v) is 4.99. The number of benzene rings is 1. The molecule has 0 aliphatic rings. The zero-order valence-corrected chi connectivity index (χ0v) is 13.4. The minimum Gasteiger partial charge on any atom is -0.466 e. The van der Waals surface area contributed by atoms with Crippen molar-refractivity contribution in [2.24, 2.45) is 5.92 Å². The Morgan fingerprint density at radius 1 is 1.17 bits per heavy atom. The number of hydrogen-bond donors (Lipinski definition) is 2. The van der Waals surface area contributed by atoms with Crippen LogP contribution in [0.3, 0.4) is 0 Å². The molecule has 0 spiro atoms. The molecule has 6 heteroatoms. The smallest absolute Gasteiger partial charge is 0.330 e. The van der Waals surface area contributed by atoms with Gasteiger partial charge in [0.05, 0.1) is 13.0 Å². The van der Waals surface area contributed by atoms with Crippen LogP contribution in [0, 0.1) is 5.92 Å². The first-order valence-corrected chi connectivity index (χ1v) is 7.33. The van der Waals surface area contributed by atoms with E-state index in [0.717, 1.165) is 5.56 Å². The maximum atomic E-state index is 12.3. The van der Waals surface area contributed by atoms with Gasteiger partial charge in [0.1, 0.15) is 0 Å². The second-order valence-electron chi connectivity index (χ2n) is 4.99. The zero-order chi connectivity index (χ0) is 17.1. The van der Waals surface area contributed by atoms with Crippen molar-refractivity contribution in [2.45, 2.75) is 13.3 Å². The molecule has 2 N–H and O–H groups in total. The number of nitrogens with one attached hydrogen (secondary N) is 2. The Morgan fingerprint density at radius 3 is 2.48 bits per heavy atom. The molecule has 23 heavy (non-hydrogen) atoms. The van der Waals surface area contributed by atoms with E-state index in [0.29, 0.717) is 6.42 Å². The van der Waals surface area contributed by atoms with E-state index in [9.17, 15) is 14.4 Å². The van der Waals surface area contributed by atoms with Crippen molar-refractivity contribution in [3.63, 3.8) is 0 Å². The summed E-state index contributed by atoms with van der Waals surface area (Å²) in [6.07, 6.45) is 3.29. The number of hydrogen-bond acceptors (Lipinski definition) is 4. The van der Waals surface area contributed by atoms with Crippen molar-refractivity contribution in [2.75, 3.05) is 20.2 Å². The van der Waals surface area contributed by atoms with Crippen molar-refractivity contribution >= 4 is 17.8 Å². The summed E-state index contributed by atoms with van der Waals surface area (Å²) in [6.45, 7) is 1.90. The molecule has 1 atom stereocenters. The molecule has 124 valence electrons. The van der Waals surface area contributed by atoms with Crippen LogP contribution in [0.2, 0.25) is 0 Å². The minimum atomic E-state index is -0.474. The quantitative estimate of drug-likeness (QED) is 0.549. The van der Waals surface area contributed by atoms with E-state index >= 15 is 0 Å². The highest BCUT2D eigenvalue weighted by molar-refractivity contribution is 5.82. The topological polar surface area (TPSA) is 84.5 Å². The molecule has 1 unspecified atom stereocenters. The Labute approximate surface area is 135 Å². The molecule has 0 saturated heterocycles. The lowest BCUT2D eigenvalue weighted by Gasteiger charge is -2.16. The zero-order valence-electron chi connectivity index (χ0n) is 13.4. The third kappa shape index (κ3) is 7.80. The van der Waals surface area contributed by atoms with Gasteiger partial charge in [-0.15, -0.1) is 0 Å². The second kappa shape index (κ2) is 10.2. The van der Waals surface area contributed by atoms with E-state index in [1.807, 2.05) is 30.3 Å². The molecule has 1 aromatic rings. The maximum Gasteiger partial charge on any atom is 0.330 e. The standard InChI is InChI=1S/C17H22N2O4/c1-13(20)19-12-15(11-14-7-4-3-5-8-14)17(22)18-10-6-9-16(21)23-2/h3-9,15H,10-12H2,1-2H3,(H,18,22)(H,19,20). The van der Waals surface area contributed by atoms with Crippen LogP contribution in [-0.2, 0) is 25.5 Å². The van der Waals surface area contributed by atoms with Crippen LogP contribution in [0.1, 0.15) is 12.5 Å². The fourth-order valence-corrected chi connectivity index (χ4v) is 1.95. The van der Waals surface area contributed by atoms with Gasteiger partial charge in [0.15, 0.2) is 0 Å². The van der Waals surface area contributed by atoms with Crippen LogP contribution in [0.5, 0.6) is 0 Å². The van der Waals surface area contributed by atoms with Gasteiger partial charge < -0.3 is 15.4 Å². The van der Waals surface area contributed by atoms with Gasteiger partial charge in [-0.05, 0) is 12.0 Å². The predicted octanol–water partition coefficient (Wildman–Crippen LogP) is 0.827. The lowest BCUT2D eigenvalue weighted by atomic mass is 9.98. The van der Waals surface area contributed by atoms with Gasteiger partial charge in [0.2, 0.25) is 11.8 Å². The Morgan fingerprint density at radius 2 is 1.87 bits per heavy atom. The average molecular weight is 318 g/mol. The number of rotatable bonds is 8. The molecule has 1 rings (SSSR count). The van der Waals surface area contributed by atoms with E-state index in [1.165, 1.54) is 26.2 Å². The molecule has 0 aliphatic carbocycles. The Hall–Kier alpha value is -2.63. The van der Waals surface area contributed by atoms with Crippen LogP contribution < -0.4 is 10.6 Å². The van der Waals surface area contributed by atoms with Crippen LogP contribution in [0.25, 0.3) is 0 Å². The molecular formula is C17H22N2O4. The van der Waals surface area contributed by atoms with Crippen LogP contribution in [-0.4, -0.2) is 38.0 Å². The summed E-state index contributed by atoms with van der Waals surface area (Å²) in [5.74, 6) is -1.22. The summed E-state index contributed by atoms with van der Waals surface area (Å²) in [4.78, 5) is 34.3. The predicted molar refractivity (Wildman–Crippen MR) is 86.5 cm³/mol. The van der Waals surface area contributed by atoms with Crippen molar-refractivity contribution in [1.29, 1.82) is 0 Å². The summed E-state index contributed by atoms with van der Waals surface area (Å²) in [5, 5.41) is 5.39. The molecular weight excluding hydrogens is 296 g/mol. The highest BCUT2D eigenvalue weighted by Gasteiger charge is 2.18. The number of carbonyl (C=O) groups excluding carboxylic acids is 3. The summed E-state index contributed by atoms with van der Waals surface area (Å²) >= 11 is 0. The maximum absolute atomic E-state index is 12.3. The fraction of sp³-hybridized carbons (Fsp3) is 0.353. The lowest BCUT2D eigenvalue weighted by molar-refractivity contribution is -0.135. The number of amides is 2. The molecule has 0 saturated carbocycles. The Kier molecular flexibility index (Phi) is 8.13. The lowest BCUT2D eigenvalue weighted by Crippen LogP contribution is -2.39. The van der Waals surface area contributed by atoms with E-state index in [2.05, 4.69) is 15.4 Å². The molecule has 1 aromatic carbocycles. The molecule has 0 radical (unpaired) electrons. The van der Waals surface area contributed by atoms with E-state index < -0.39 is 5.97 Å². The first-order valence-electron chi connectivity index (χ1n) is 7.33. The first kappa shape index (κ1) is 18.4. The monoisotopic (exact) mass is 318 g/mol. The van der Waals surface area contributed by atoms with E-state index in [-0.39, 0.29) is 30.8 Å². The normalized spacial score (nSPS) is 11.7. The third-order valence-corrected chi connectivity index (χ3v) is 3.14. The van der Waals surface area contributed by atoms with Crippen LogP contribution in [0.4, 0.5) is 0 Å². The Bertz CT molecular complexity index is 555. The van der Waals surface area contributed by atoms with Gasteiger partial charge in [-0.3, -0.25) is 9.59 Å². The van der Waals surface area contributed by atoms with Gasteiger partial charge in [-0.25, -0.2) is 4.79 Å². The third-order valence-electron chi connectivity index (χ3n) is 3.14. The molecule has 2 amide bonds. The number of methoxy groups -OCH3 is 1. The molecule has 0 aliphatic heterocycles. The SMILES string of the molecule is COC(=O)C=CCNC(=O)C(CNC(C)=O)Cc1ccccc1. The number of ether oxygens (including phenoxy) is 1. The van der Waals surface area contributed by atoms with Gasteiger partial charge in [0.25, 0.3) is 0 Å². The van der Waals surface area contributed by atoms with Gasteiger partial charge in [-0.2, -0.15) is 0 Å². The van der Waals surface area contributed by atoms with Crippen LogP contribution >= 0.6 is 0 Å². The van der Waals surface area contributed by atoms with Crippen molar-refractivity contribution in [1.82, 2.24) is 10.6 Å². The summed E-state index contributed by atoms with van der Waals surface area (Å²) < 4.78 is 4.46. The van der Waals surface area contributed by atoms with Crippen molar-refractivity contribution < 1.29 is 19.1 Å². The molecule has 0 bridgehead atoms. The van der Waals surface area contributed by atoms with E-state index in [1.54, 1.807) is 0 Å². The Balaban J connectivity index is 2.59. The number of carbonyl (C=O) groups is 3. The molecule has 0 aromatic heterocycles. The van der Waals surface area contributed by atoms with E-state index in [4.69, 9.17) is 0 Å². The van der Waals surface area contributed by atoms with Gasteiger partial charge >= 0.3 is 5.97 Å². The summed E-state index contributed by atoms with van der Waals surface area (Å²) in [6, 6.07) is 9.59. The largest absolute Gasteiger partial charge is 0.466 e. The first-order chi connectivity index (χ1) is 11.0. The van der Waals surface area contributed by atoms with Gasteiger partial charge in [-0.1, -0.05) is 36.4 Å². The average Bonchev–Trinajstić information content (AvgIpc) is 2.55. The fourth-order valence-electron chi connectivity index (χ4n) is 1.95. The number of esters is 1. The van der Waals surface area contributed by atoms with Crippen molar-refractivity contribution in [3.05, 3.63) is 48.0 Å². The highest BCUT2D eigenvalue weighted by atomic mass is 16.5.